The van der Waals surface area contributed by atoms with Gasteiger partial charge in [0.1, 0.15) is 5.76 Å². The van der Waals surface area contributed by atoms with Crippen molar-refractivity contribution in [3.8, 4) is 11.5 Å². The first-order valence-corrected chi connectivity index (χ1v) is 12.5. The van der Waals surface area contributed by atoms with Gasteiger partial charge in [-0.15, -0.1) is 0 Å². The number of amides is 1. The van der Waals surface area contributed by atoms with Gasteiger partial charge in [-0.05, 0) is 55.8 Å². The molecular weight excluding hydrogens is 484 g/mol. The number of sulfonamides is 1. The minimum absolute atomic E-state index is 0.131. The first-order chi connectivity index (χ1) is 17.0. The summed E-state index contributed by atoms with van der Waals surface area (Å²) in [5.74, 6) is -2.19. The highest BCUT2D eigenvalue weighted by Gasteiger charge is 2.47. The average molecular weight is 509 g/mol. The molecule has 10 heteroatoms. The molecule has 1 saturated heterocycles. The summed E-state index contributed by atoms with van der Waals surface area (Å²) in [5.41, 5.74) is 1.73. The van der Waals surface area contributed by atoms with Crippen LogP contribution in [0.4, 0.5) is 5.69 Å². The maximum atomic E-state index is 13.3. The number of benzene rings is 3. The number of aryl methyl sites for hydroxylation is 1. The van der Waals surface area contributed by atoms with E-state index in [0.717, 1.165) is 10.5 Å². The molecule has 1 amide bonds. The maximum Gasteiger partial charge on any atom is 0.300 e. The average Bonchev–Trinajstić information content (AvgIpc) is 3.10. The van der Waals surface area contributed by atoms with Gasteiger partial charge in [0.05, 0.1) is 23.1 Å². The molecule has 0 saturated carbocycles. The molecule has 1 unspecified atom stereocenters. The van der Waals surface area contributed by atoms with Crippen LogP contribution in [-0.2, 0) is 19.6 Å². The summed E-state index contributed by atoms with van der Waals surface area (Å²) in [6, 6.07) is 15.2. The molecular formula is C26H24N2O7S. The summed E-state index contributed by atoms with van der Waals surface area (Å²) in [7, 11) is -3.98. The van der Waals surface area contributed by atoms with E-state index in [1.54, 1.807) is 31.2 Å². The number of rotatable bonds is 6. The number of phenolic OH excluding ortho intramolecular Hbond substituents is 1. The number of phenols is 1. The number of carbonyl (C=O) groups excluding carboxylic acids is 2. The standard InChI is InChI=1S/C26H24N2O7S/c1-3-35-21-14-17(8-13-20(21)29)23-22(24(30)16-6-4-15(2)5-7-16)25(31)26(32)28(23)18-9-11-19(12-10-18)36(27,33)34/h4-14,23,29-30H,3H2,1-2H3,(H2,27,33,34). The molecule has 9 nitrogen and oxygen atoms in total. The number of nitrogens with two attached hydrogens (primary N) is 1. The number of hydrogen-bond acceptors (Lipinski definition) is 7. The zero-order chi connectivity index (χ0) is 26.2. The van der Waals surface area contributed by atoms with E-state index in [0.29, 0.717) is 11.1 Å². The zero-order valence-corrected chi connectivity index (χ0v) is 20.3. The van der Waals surface area contributed by atoms with Crippen molar-refractivity contribution in [2.24, 2.45) is 5.14 Å². The van der Waals surface area contributed by atoms with Crippen LogP contribution in [-0.4, -0.2) is 36.9 Å². The van der Waals surface area contributed by atoms with Crippen molar-refractivity contribution in [1.29, 1.82) is 0 Å². The highest BCUT2D eigenvalue weighted by atomic mass is 32.2. The van der Waals surface area contributed by atoms with E-state index >= 15 is 0 Å². The fourth-order valence-electron chi connectivity index (χ4n) is 4.05. The van der Waals surface area contributed by atoms with E-state index in [2.05, 4.69) is 0 Å². The van der Waals surface area contributed by atoms with E-state index in [9.17, 15) is 28.2 Å². The molecule has 36 heavy (non-hydrogen) atoms. The predicted molar refractivity (Wildman–Crippen MR) is 133 cm³/mol. The molecule has 3 aromatic rings. The molecule has 1 aliphatic rings. The van der Waals surface area contributed by atoms with Crippen LogP contribution in [0.15, 0.2) is 77.2 Å². The van der Waals surface area contributed by atoms with Crippen molar-refractivity contribution in [2.75, 3.05) is 11.5 Å². The number of Topliss-reactive ketones (excluding diaryl/α,β-unsaturated/α-hetero) is 1. The van der Waals surface area contributed by atoms with Gasteiger partial charge in [-0.3, -0.25) is 14.5 Å². The van der Waals surface area contributed by atoms with Gasteiger partial charge in [-0.25, -0.2) is 13.6 Å². The number of carbonyl (C=O) groups is 2. The van der Waals surface area contributed by atoms with Crippen LogP contribution in [0, 0.1) is 6.92 Å². The molecule has 186 valence electrons. The fraction of sp³-hybridized carbons (Fsp3) is 0.154. The molecule has 1 atom stereocenters. The van der Waals surface area contributed by atoms with Crippen molar-refractivity contribution < 1.29 is 33.0 Å². The van der Waals surface area contributed by atoms with E-state index in [-0.39, 0.29) is 40.0 Å². The van der Waals surface area contributed by atoms with Gasteiger partial charge in [-0.2, -0.15) is 0 Å². The predicted octanol–water partition coefficient (Wildman–Crippen LogP) is 3.37. The van der Waals surface area contributed by atoms with E-state index < -0.39 is 27.8 Å². The number of aliphatic hydroxyl groups excluding tert-OH is 1. The van der Waals surface area contributed by atoms with Gasteiger partial charge in [0.25, 0.3) is 11.7 Å². The lowest BCUT2D eigenvalue weighted by Crippen LogP contribution is -2.29. The van der Waals surface area contributed by atoms with E-state index in [1.807, 2.05) is 6.92 Å². The molecule has 1 fully saturated rings. The van der Waals surface area contributed by atoms with Crippen molar-refractivity contribution in [2.45, 2.75) is 24.8 Å². The van der Waals surface area contributed by atoms with E-state index in [1.165, 1.54) is 42.5 Å². The van der Waals surface area contributed by atoms with Crippen LogP contribution >= 0.6 is 0 Å². The SMILES string of the molecule is CCOc1cc(C2C(=C(O)c3ccc(C)cc3)C(=O)C(=O)N2c2ccc(S(N)(=O)=O)cc2)ccc1O. The van der Waals surface area contributed by atoms with Gasteiger partial charge in [0.2, 0.25) is 10.0 Å². The van der Waals surface area contributed by atoms with Gasteiger partial charge in [-0.1, -0.05) is 35.9 Å². The first-order valence-electron chi connectivity index (χ1n) is 11.0. The Balaban J connectivity index is 1.94. The zero-order valence-electron chi connectivity index (χ0n) is 19.5. The molecule has 3 aromatic carbocycles. The number of primary sulfonamides is 1. The Hall–Kier alpha value is -4.15. The van der Waals surface area contributed by atoms with Crippen molar-refractivity contribution in [1.82, 2.24) is 0 Å². The Labute approximate surface area is 208 Å². The molecule has 0 radical (unpaired) electrons. The summed E-state index contributed by atoms with van der Waals surface area (Å²) < 4.78 is 28.9. The Morgan fingerprint density at radius 3 is 2.25 bits per heavy atom. The van der Waals surface area contributed by atoms with E-state index in [4.69, 9.17) is 9.88 Å². The number of ether oxygens (including phenoxy) is 1. The normalized spacial score (nSPS) is 17.4. The molecule has 1 heterocycles. The third kappa shape index (κ3) is 4.56. The topological polar surface area (TPSA) is 147 Å². The second-order valence-electron chi connectivity index (χ2n) is 8.23. The molecule has 0 spiro atoms. The lowest BCUT2D eigenvalue weighted by molar-refractivity contribution is -0.132. The molecule has 4 N–H and O–H groups in total. The molecule has 0 bridgehead atoms. The Bertz CT molecular complexity index is 1480. The number of hydrogen-bond donors (Lipinski definition) is 3. The minimum atomic E-state index is -3.98. The van der Waals surface area contributed by atoms with Gasteiger partial charge < -0.3 is 14.9 Å². The van der Waals surface area contributed by atoms with Crippen molar-refractivity contribution >= 4 is 33.2 Å². The highest BCUT2D eigenvalue weighted by molar-refractivity contribution is 7.89. The maximum absolute atomic E-state index is 13.3. The Morgan fingerprint density at radius 2 is 1.67 bits per heavy atom. The third-order valence-corrected chi connectivity index (χ3v) is 6.74. The number of anilines is 1. The van der Waals surface area contributed by atoms with Crippen LogP contribution in [0.1, 0.15) is 29.7 Å². The second-order valence-corrected chi connectivity index (χ2v) is 9.80. The van der Waals surface area contributed by atoms with Gasteiger partial charge >= 0.3 is 0 Å². The molecule has 1 aliphatic heterocycles. The quantitative estimate of drug-likeness (QED) is 0.263. The van der Waals surface area contributed by atoms with Crippen molar-refractivity contribution in [3.05, 3.63) is 89.0 Å². The van der Waals surface area contributed by atoms with Crippen LogP contribution in [0.5, 0.6) is 11.5 Å². The molecule has 4 rings (SSSR count). The second kappa shape index (κ2) is 9.48. The smallest absolute Gasteiger partial charge is 0.300 e. The van der Waals surface area contributed by atoms with Gasteiger partial charge in [0, 0.05) is 11.3 Å². The lowest BCUT2D eigenvalue weighted by Gasteiger charge is -2.26. The van der Waals surface area contributed by atoms with Crippen LogP contribution in [0.25, 0.3) is 5.76 Å². The van der Waals surface area contributed by atoms with Gasteiger partial charge in [0.15, 0.2) is 11.5 Å². The van der Waals surface area contributed by atoms with Crippen LogP contribution < -0.4 is 14.8 Å². The number of aliphatic hydroxyl groups is 1. The van der Waals surface area contributed by atoms with Crippen LogP contribution in [0.2, 0.25) is 0 Å². The molecule has 0 aliphatic carbocycles. The lowest BCUT2D eigenvalue weighted by atomic mass is 9.94. The molecule has 0 aromatic heterocycles. The monoisotopic (exact) mass is 508 g/mol. The summed E-state index contributed by atoms with van der Waals surface area (Å²) in [4.78, 5) is 27.5. The summed E-state index contributed by atoms with van der Waals surface area (Å²) in [6.07, 6.45) is 0. The third-order valence-electron chi connectivity index (χ3n) is 5.81. The summed E-state index contributed by atoms with van der Waals surface area (Å²) >= 11 is 0. The fourth-order valence-corrected chi connectivity index (χ4v) is 4.56. The number of ketones is 1. The summed E-state index contributed by atoms with van der Waals surface area (Å²) in [5, 5.41) is 26.5. The largest absolute Gasteiger partial charge is 0.507 e. The summed E-state index contributed by atoms with van der Waals surface area (Å²) in [6.45, 7) is 3.87. The minimum Gasteiger partial charge on any atom is -0.507 e. The van der Waals surface area contributed by atoms with Crippen molar-refractivity contribution in [3.63, 3.8) is 0 Å². The highest BCUT2D eigenvalue weighted by Crippen LogP contribution is 2.44. The number of nitrogens with zero attached hydrogens (tertiary/aromatic N) is 1. The van der Waals surface area contributed by atoms with Crippen LogP contribution in [0.3, 0.4) is 0 Å². The number of aromatic hydroxyl groups is 1. The Kier molecular flexibility index (Phi) is 6.57. The first kappa shape index (κ1) is 25.0. The Morgan fingerprint density at radius 1 is 1.03 bits per heavy atom.